The third kappa shape index (κ3) is 3.31. The zero-order chi connectivity index (χ0) is 13.0. The summed E-state index contributed by atoms with van der Waals surface area (Å²) in [4.78, 5) is 12.1. The fourth-order valence-corrected chi connectivity index (χ4v) is 2.36. The van der Waals surface area contributed by atoms with Gasteiger partial charge >= 0.3 is 0 Å². The van der Waals surface area contributed by atoms with Crippen LogP contribution < -0.4 is 10.6 Å². The van der Waals surface area contributed by atoms with Crippen LogP contribution in [0.3, 0.4) is 0 Å². The van der Waals surface area contributed by atoms with Gasteiger partial charge in [0.25, 0.3) is 0 Å². The van der Waals surface area contributed by atoms with Crippen molar-refractivity contribution in [2.24, 2.45) is 5.92 Å². The first-order valence-corrected chi connectivity index (χ1v) is 6.43. The molecule has 0 bridgehead atoms. The van der Waals surface area contributed by atoms with Crippen LogP contribution in [0.15, 0.2) is 24.3 Å². The first-order chi connectivity index (χ1) is 8.69. The summed E-state index contributed by atoms with van der Waals surface area (Å²) in [6.07, 6.45) is 1.77. The molecule has 3 N–H and O–H groups in total. The lowest BCUT2D eigenvalue weighted by atomic mass is 9.92. The molecule has 0 aromatic heterocycles. The van der Waals surface area contributed by atoms with E-state index in [1.54, 1.807) is 0 Å². The van der Waals surface area contributed by atoms with E-state index in [-0.39, 0.29) is 18.4 Å². The maximum Gasteiger partial charge on any atom is 0.227 e. The number of rotatable bonds is 3. The Morgan fingerprint density at radius 1 is 1.56 bits per heavy atom. The predicted molar refractivity (Wildman–Crippen MR) is 71.2 cm³/mol. The van der Waals surface area contributed by atoms with E-state index in [1.165, 1.54) is 0 Å². The van der Waals surface area contributed by atoms with Crippen molar-refractivity contribution in [3.8, 4) is 0 Å². The van der Waals surface area contributed by atoms with Crippen LogP contribution in [0.4, 0.5) is 5.69 Å². The normalized spacial score (nSPS) is 23.7. The van der Waals surface area contributed by atoms with E-state index >= 15 is 0 Å². The number of hydrogen-bond acceptors (Lipinski definition) is 3. The van der Waals surface area contributed by atoms with Crippen LogP contribution in [0.5, 0.6) is 0 Å². The second kappa shape index (κ2) is 5.98. The molecule has 0 radical (unpaired) electrons. The number of benzene rings is 1. The van der Waals surface area contributed by atoms with E-state index in [0.29, 0.717) is 6.04 Å². The van der Waals surface area contributed by atoms with Crippen molar-refractivity contribution in [2.45, 2.75) is 32.4 Å². The summed E-state index contributed by atoms with van der Waals surface area (Å²) >= 11 is 0. The molecule has 1 saturated heterocycles. The molecule has 0 spiro atoms. The Bertz CT molecular complexity index is 420. The monoisotopic (exact) mass is 248 g/mol. The summed E-state index contributed by atoms with van der Waals surface area (Å²) in [5, 5.41) is 15.3. The highest BCUT2D eigenvalue weighted by molar-refractivity contribution is 5.92. The lowest BCUT2D eigenvalue weighted by Crippen LogP contribution is -2.40. The number of hydrogen-bond donors (Lipinski definition) is 3. The van der Waals surface area contributed by atoms with Crippen molar-refractivity contribution in [1.82, 2.24) is 5.32 Å². The molecule has 1 aliphatic heterocycles. The largest absolute Gasteiger partial charge is 0.392 e. The molecular formula is C14H20N2O2. The van der Waals surface area contributed by atoms with E-state index in [2.05, 4.69) is 17.6 Å². The highest BCUT2D eigenvalue weighted by Gasteiger charge is 2.24. The predicted octanol–water partition coefficient (Wildman–Crippen LogP) is 1.51. The Labute approximate surface area is 107 Å². The minimum absolute atomic E-state index is 0.00586. The van der Waals surface area contributed by atoms with Crippen molar-refractivity contribution in [2.75, 3.05) is 11.9 Å². The molecule has 1 fully saturated rings. The smallest absolute Gasteiger partial charge is 0.227 e. The third-order valence-corrected chi connectivity index (χ3v) is 3.37. The van der Waals surface area contributed by atoms with Gasteiger partial charge in [-0.25, -0.2) is 0 Å². The highest BCUT2D eigenvalue weighted by atomic mass is 16.3. The molecule has 98 valence electrons. The maximum atomic E-state index is 12.1. The van der Waals surface area contributed by atoms with Crippen molar-refractivity contribution in [3.63, 3.8) is 0 Å². The summed E-state index contributed by atoms with van der Waals surface area (Å²) in [5.74, 6) is 0.164. The quantitative estimate of drug-likeness (QED) is 0.759. The lowest BCUT2D eigenvalue weighted by Gasteiger charge is -2.27. The maximum absolute atomic E-state index is 12.1. The van der Waals surface area contributed by atoms with Gasteiger partial charge in [0.15, 0.2) is 0 Å². The van der Waals surface area contributed by atoms with Gasteiger partial charge in [0.05, 0.1) is 6.61 Å². The van der Waals surface area contributed by atoms with Gasteiger partial charge in [-0.1, -0.05) is 12.1 Å². The molecule has 1 aromatic carbocycles. The van der Waals surface area contributed by atoms with Crippen LogP contribution in [-0.2, 0) is 11.4 Å². The third-order valence-electron chi connectivity index (χ3n) is 3.37. The molecule has 4 heteroatoms. The molecule has 18 heavy (non-hydrogen) atoms. The van der Waals surface area contributed by atoms with E-state index in [0.717, 1.165) is 30.6 Å². The van der Waals surface area contributed by atoms with E-state index in [1.807, 2.05) is 24.3 Å². The number of anilines is 1. The standard InChI is InChI=1S/C14H20N2O2/c1-10-7-12(5-6-15-10)14(18)16-13-4-2-3-11(8-13)9-17/h2-4,8,10,12,15,17H,5-7,9H2,1H3,(H,16,18). The first kappa shape index (κ1) is 13.1. The van der Waals surface area contributed by atoms with E-state index in [9.17, 15) is 4.79 Å². The van der Waals surface area contributed by atoms with Crippen LogP contribution in [0.25, 0.3) is 0 Å². The van der Waals surface area contributed by atoms with Crippen molar-refractivity contribution in [1.29, 1.82) is 0 Å². The van der Waals surface area contributed by atoms with Crippen LogP contribution in [0.1, 0.15) is 25.3 Å². The average Bonchev–Trinajstić information content (AvgIpc) is 2.39. The fraction of sp³-hybridized carbons (Fsp3) is 0.500. The Morgan fingerprint density at radius 3 is 3.11 bits per heavy atom. The average molecular weight is 248 g/mol. The van der Waals surface area contributed by atoms with Crippen molar-refractivity contribution < 1.29 is 9.90 Å². The summed E-state index contributed by atoms with van der Waals surface area (Å²) in [7, 11) is 0. The van der Waals surface area contributed by atoms with Gasteiger partial charge in [0.1, 0.15) is 0 Å². The highest BCUT2D eigenvalue weighted by Crippen LogP contribution is 2.19. The van der Waals surface area contributed by atoms with Gasteiger partial charge in [-0.15, -0.1) is 0 Å². The second-order valence-electron chi connectivity index (χ2n) is 4.92. The summed E-state index contributed by atoms with van der Waals surface area (Å²) in [6.45, 7) is 3.00. The Hall–Kier alpha value is -1.39. The van der Waals surface area contributed by atoms with E-state index in [4.69, 9.17) is 5.11 Å². The zero-order valence-corrected chi connectivity index (χ0v) is 10.6. The van der Waals surface area contributed by atoms with Gasteiger partial charge in [0, 0.05) is 17.6 Å². The molecule has 1 aliphatic rings. The van der Waals surface area contributed by atoms with Crippen molar-refractivity contribution in [3.05, 3.63) is 29.8 Å². The minimum Gasteiger partial charge on any atom is -0.392 e. The Morgan fingerprint density at radius 2 is 2.39 bits per heavy atom. The lowest BCUT2D eigenvalue weighted by molar-refractivity contribution is -0.120. The molecule has 4 nitrogen and oxygen atoms in total. The van der Waals surface area contributed by atoms with E-state index < -0.39 is 0 Å². The summed E-state index contributed by atoms with van der Waals surface area (Å²) in [5.41, 5.74) is 1.57. The number of amides is 1. The number of aliphatic hydroxyl groups is 1. The number of nitrogens with one attached hydrogen (secondary N) is 2. The van der Waals surface area contributed by atoms with Gasteiger partial charge in [-0.05, 0) is 44.0 Å². The number of carbonyl (C=O) groups is 1. The molecule has 1 heterocycles. The van der Waals surface area contributed by atoms with Gasteiger partial charge in [0.2, 0.25) is 5.91 Å². The zero-order valence-electron chi connectivity index (χ0n) is 10.6. The second-order valence-corrected chi connectivity index (χ2v) is 4.92. The molecule has 0 aliphatic carbocycles. The molecule has 2 rings (SSSR count). The Kier molecular flexibility index (Phi) is 4.33. The number of piperidine rings is 1. The number of carbonyl (C=O) groups excluding carboxylic acids is 1. The van der Waals surface area contributed by atoms with Crippen LogP contribution in [-0.4, -0.2) is 23.6 Å². The van der Waals surface area contributed by atoms with Crippen molar-refractivity contribution >= 4 is 11.6 Å². The summed E-state index contributed by atoms with van der Waals surface area (Å²) < 4.78 is 0. The minimum atomic E-state index is -0.00586. The SMILES string of the molecule is CC1CC(C(=O)Nc2cccc(CO)c2)CCN1. The van der Waals surface area contributed by atoms with Crippen LogP contribution in [0, 0.1) is 5.92 Å². The topological polar surface area (TPSA) is 61.4 Å². The number of aliphatic hydroxyl groups excluding tert-OH is 1. The molecular weight excluding hydrogens is 228 g/mol. The van der Waals surface area contributed by atoms with Crippen LogP contribution >= 0.6 is 0 Å². The Balaban J connectivity index is 1.97. The molecule has 2 atom stereocenters. The first-order valence-electron chi connectivity index (χ1n) is 6.43. The van der Waals surface area contributed by atoms with Gasteiger partial charge in [-0.2, -0.15) is 0 Å². The molecule has 1 amide bonds. The molecule has 0 saturated carbocycles. The fourth-order valence-electron chi connectivity index (χ4n) is 2.36. The van der Waals surface area contributed by atoms with Gasteiger partial charge < -0.3 is 15.7 Å². The molecule has 1 aromatic rings. The molecule has 2 unspecified atom stereocenters. The van der Waals surface area contributed by atoms with Crippen LogP contribution in [0.2, 0.25) is 0 Å². The summed E-state index contributed by atoms with van der Waals surface area (Å²) in [6, 6.07) is 7.73. The van der Waals surface area contributed by atoms with Gasteiger partial charge in [-0.3, -0.25) is 4.79 Å².